The molecule has 5 nitrogen and oxygen atoms in total. The van der Waals surface area contributed by atoms with Gasteiger partial charge in [0.1, 0.15) is 5.76 Å². The molecular formula is C9H13IN2O3S. The first-order valence-electron chi connectivity index (χ1n) is 5.00. The van der Waals surface area contributed by atoms with Crippen molar-refractivity contribution in [3.8, 4) is 0 Å². The Balaban J connectivity index is 2.00. The SMILES string of the molecule is CS(=O)(=O)NC1CC(OC2CC2)=CN=C1I. The Morgan fingerprint density at radius 1 is 1.56 bits per heavy atom. The molecule has 2 aliphatic rings. The molecule has 0 saturated heterocycles. The second kappa shape index (κ2) is 4.61. The molecule has 1 atom stereocenters. The summed E-state index contributed by atoms with van der Waals surface area (Å²) in [5.41, 5.74) is 0. The number of aliphatic imine (C=N–C) groups is 1. The summed E-state index contributed by atoms with van der Waals surface area (Å²) in [5, 5.41) is 0. The van der Waals surface area contributed by atoms with E-state index in [1.54, 1.807) is 6.20 Å². The lowest BCUT2D eigenvalue weighted by Crippen LogP contribution is -2.39. The van der Waals surface area contributed by atoms with Crippen molar-refractivity contribution in [2.45, 2.75) is 31.4 Å². The highest BCUT2D eigenvalue weighted by atomic mass is 127. The van der Waals surface area contributed by atoms with Crippen LogP contribution >= 0.6 is 22.6 Å². The first-order chi connectivity index (χ1) is 7.44. The van der Waals surface area contributed by atoms with Gasteiger partial charge in [-0.1, -0.05) is 0 Å². The maximum Gasteiger partial charge on any atom is 0.209 e. The van der Waals surface area contributed by atoms with Gasteiger partial charge >= 0.3 is 0 Å². The molecule has 2 rings (SSSR count). The zero-order valence-corrected chi connectivity index (χ0v) is 11.8. The Labute approximate surface area is 109 Å². The third kappa shape index (κ3) is 3.70. The molecule has 0 aromatic carbocycles. The van der Waals surface area contributed by atoms with Gasteiger partial charge in [-0.3, -0.25) is 0 Å². The summed E-state index contributed by atoms with van der Waals surface area (Å²) in [5.74, 6) is 0.768. The number of nitrogens with one attached hydrogen (secondary N) is 1. The van der Waals surface area contributed by atoms with E-state index in [-0.39, 0.29) is 6.04 Å². The predicted octanol–water partition coefficient (Wildman–Crippen LogP) is 1.16. The molecule has 0 spiro atoms. The van der Waals surface area contributed by atoms with Crippen LogP contribution in [-0.2, 0) is 14.8 Å². The Kier molecular flexibility index (Phi) is 3.55. The van der Waals surface area contributed by atoms with Crippen molar-refractivity contribution in [2.24, 2.45) is 4.99 Å². The molecule has 1 heterocycles. The average molecular weight is 356 g/mol. The summed E-state index contributed by atoms with van der Waals surface area (Å²) in [6, 6.07) is -0.283. The van der Waals surface area contributed by atoms with Crippen LogP contribution in [0.25, 0.3) is 0 Å². The quantitative estimate of drug-likeness (QED) is 0.769. The highest BCUT2D eigenvalue weighted by Crippen LogP contribution is 2.29. The average Bonchev–Trinajstić information content (AvgIpc) is 2.92. The van der Waals surface area contributed by atoms with Crippen molar-refractivity contribution in [2.75, 3.05) is 6.26 Å². The van der Waals surface area contributed by atoms with Gasteiger partial charge in [-0.25, -0.2) is 18.1 Å². The largest absolute Gasteiger partial charge is 0.493 e. The normalized spacial score (nSPS) is 26.0. The van der Waals surface area contributed by atoms with Crippen LogP contribution in [-0.4, -0.2) is 30.5 Å². The minimum absolute atomic E-state index is 0.283. The molecule has 16 heavy (non-hydrogen) atoms. The minimum atomic E-state index is -3.21. The number of hydrogen-bond acceptors (Lipinski definition) is 4. The van der Waals surface area contributed by atoms with Crippen LogP contribution in [0.3, 0.4) is 0 Å². The Hall–Kier alpha value is -0.150. The maximum atomic E-state index is 11.2. The first kappa shape index (κ1) is 12.3. The van der Waals surface area contributed by atoms with E-state index in [9.17, 15) is 8.42 Å². The van der Waals surface area contributed by atoms with Crippen molar-refractivity contribution in [3.63, 3.8) is 0 Å². The van der Waals surface area contributed by atoms with Crippen molar-refractivity contribution in [1.29, 1.82) is 0 Å². The van der Waals surface area contributed by atoms with Gasteiger partial charge in [0.2, 0.25) is 10.0 Å². The van der Waals surface area contributed by atoms with E-state index in [0.29, 0.717) is 12.5 Å². The smallest absolute Gasteiger partial charge is 0.209 e. The number of halogens is 1. The fraction of sp³-hybridized carbons (Fsp3) is 0.667. The summed E-state index contributed by atoms with van der Waals surface area (Å²) in [7, 11) is -3.21. The van der Waals surface area contributed by atoms with Gasteiger partial charge in [-0.2, -0.15) is 0 Å². The molecule has 90 valence electrons. The maximum absolute atomic E-state index is 11.2. The molecule has 1 saturated carbocycles. The summed E-state index contributed by atoms with van der Waals surface area (Å²) >= 11 is 2.04. The molecule has 1 unspecified atom stereocenters. The lowest BCUT2D eigenvalue weighted by molar-refractivity contribution is 0.184. The molecule has 1 fully saturated rings. The Morgan fingerprint density at radius 3 is 2.81 bits per heavy atom. The fourth-order valence-corrected chi connectivity index (χ4v) is 2.83. The van der Waals surface area contributed by atoms with Crippen LogP contribution in [0.4, 0.5) is 0 Å². The number of ether oxygens (including phenoxy) is 1. The molecule has 0 aromatic rings. The van der Waals surface area contributed by atoms with Crippen LogP contribution in [0.5, 0.6) is 0 Å². The van der Waals surface area contributed by atoms with E-state index >= 15 is 0 Å². The van der Waals surface area contributed by atoms with Crippen LogP contribution in [0.1, 0.15) is 19.3 Å². The number of hydrogen-bond donors (Lipinski definition) is 1. The van der Waals surface area contributed by atoms with Gasteiger partial charge in [-0.05, 0) is 35.4 Å². The zero-order valence-electron chi connectivity index (χ0n) is 8.81. The summed E-state index contributed by atoms with van der Waals surface area (Å²) in [6.07, 6.45) is 5.86. The molecule has 1 N–H and O–H groups in total. The minimum Gasteiger partial charge on any atom is -0.493 e. The fourth-order valence-electron chi connectivity index (χ4n) is 1.39. The van der Waals surface area contributed by atoms with E-state index in [2.05, 4.69) is 9.71 Å². The van der Waals surface area contributed by atoms with E-state index in [1.165, 1.54) is 0 Å². The summed E-state index contributed by atoms with van der Waals surface area (Å²) in [4.78, 5) is 4.15. The predicted molar refractivity (Wildman–Crippen MR) is 70.0 cm³/mol. The van der Waals surface area contributed by atoms with Crippen LogP contribution in [0.2, 0.25) is 0 Å². The number of sulfonamides is 1. The second-order valence-corrected chi connectivity index (χ2v) is 6.90. The van der Waals surface area contributed by atoms with E-state index in [0.717, 1.165) is 28.6 Å². The molecule has 1 aliphatic heterocycles. The zero-order chi connectivity index (χ0) is 11.8. The van der Waals surface area contributed by atoms with Crippen molar-refractivity contribution < 1.29 is 13.2 Å². The highest BCUT2D eigenvalue weighted by molar-refractivity contribution is 14.1. The van der Waals surface area contributed by atoms with E-state index in [1.807, 2.05) is 22.6 Å². The van der Waals surface area contributed by atoms with E-state index < -0.39 is 10.0 Å². The van der Waals surface area contributed by atoms with Gasteiger partial charge in [0.05, 0.1) is 28.3 Å². The molecule has 0 bridgehead atoms. The van der Waals surface area contributed by atoms with Crippen molar-refractivity contribution in [1.82, 2.24) is 4.72 Å². The topological polar surface area (TPSA) is 67.8 Å². The highest BCUT2D eigenvalue weighted by Gasteiger charge is 2.28. The van der Waals surface area contributed by atoms with Crippen molar-refractivity contribution in [3.05, 3.63) is 12.0 Å². The summed E-state index contributed by atoms with van der Waals surface area (Å²) < 4.78 is 31.2. The third-order valence-corrected chi connectivity index (χ3v) is 3.97. The monoisotopic (exact) mass is 356 g/mol. The first-order valence-corrected chi connectivity index (χ1v) is 7.97. The number of nitrogens with zero attached hydrogens (tertiary/aromatic N) is 1. The second-order valence-electron chi connectivity index (χ2n) is 4.01. The molecule has 0 aromatic heterocycles. The van der Waals surface area contributed by atoms with Gasteiger partial charge in [0, 0.05) is 6.42 Å². The van der Waals surface area contributed by atoms with Gasteiger partial charge in [0.25, 0.3) is 0 Å². The summed E-state index contributed by atoms with van der Waals surface area (Å²) in [6.45, 7) is 0. The van der Waals surface area contributed by atoms with E-state index in [4.69, 9.17) is 4.74 Å². The van der Waals surface area contributed by atoms with Crippen LogP contribution in [0, 0.1) is 0 Å². The molecule has 0 amide bonds. The molecule has 1 aliphatic carbocycles. The Morgan fingerprint density at radius 2 is 2.25 bits per heavy atom. The Bertz CT molecular complexity index is 440. The lowest BCUT2D eigenvalue weighted by Gasteiger charge is -2.21. The van der Waals surface area contributed by atoms with Crippen molar-refractivity contribution >= 4 is 36.3 Å². The van der Waals surface area contributed by atoms with Crippen LogP contribution in [0.15, 0.2) is 17.0 Å². The van der Waals surface area contributed by atoms with Crippen LogP contribution < -0.4 is 4.72 Å². The molecule has 0 radical (unpaired) electrons. The third-order valence-electron chi connectivity index (χ3n) is 2.22. The standard InChI is InChI=1S/C9H13IN2O3S/c1-16(13,14)12-8-4-7(5-11-9(8)10)15-6-2-3-6/h5-6,8,12H,2-4H2,1H3. The van der Waals surface area contributed by atoms with Gasteiger partial charge < -0.3 is 4.74 Å². The van der Waals surface area contributed by atoms with Gasteiger partial charge in [-0.15, -0.1) is 0 Å². The number of rotatable bonds is 4. The lowest BCUT2D eigenvalue weighted by atomic mass is 10.2. The van der Waals surface area contributed by atoms with Gasteiger partial charge in [0.15, 0.2) is 0 Å². The molecular weight excluding hydrogens is 343 g/mol. The molecule has 7 heteroatoms.